The first-order valence-electron chi connectivity index (χ1n) is 19.8. The monoisotopic (exact) mass is 755 g/mol. The zero-order chi connectivity index (χ0) is 39.5. The number of aryl methyl sites for hydroxylation is 1. The topological polar surface area (TPSA) is 64.5 Å². The van der Waals surface area contributed by atoms with Gasteiger partial charge in [0.2, 0.25) is 0 Å². The molecule has 0 aliphatic heterocycles. The molecule has 0 saturated carbocycles. The Bertz CT molecular complexity index is 3050. The van der Waals surface area contributed by atoms with Gasteiger partial charge in [-0.15, -0.1) is 0 Å². The van der Waals surface area contributed by atoms with Crippen molar-refractivity contribution < 1.29 is 0 Å². The van der Waals surface area contributed by atoms with Crippen molar-refractivity contribution in [3.8, 4) is 90.2 Å². The molecular weight excluding hydrogens is 719 g/mol. The number of hydrogen-bond acceptors (Lipinski definition) is 5. The van der Waals surface area contributed by atoms with E-state index in [0.29, 0.717) is 23.3 Å². The van der Waals surface area contributed by atoms with Gasteiger partial charge in [0.05, 0.1) is 11.2 Å². The van der Waals surface area contributed by atoms with Crippen molar-refractivity contribution in [1.82, 2.24) is 24.9 Å². The van der Waals surface area contributed by atoms with Gasteiger partial charge in [-0.1, -0.05) is 194 Å². The highest BCUT2D eigenvalue weighted by Crippen LogP contribution is 2.40. The fourth-order valence-electron chi connectivity index (χ4n) is 7.67. The van der Waals surface area contributed by atoms with Crippen molar-refractivity contribution in [3.05, 3.63) is 212 Å². The van der Waals surface area contributed by atoms with Gasteiger partial charge in [0.15, 0.2) is 23.3 Å². The molecule has 8 aromatic carbocycles. The molecule has 0 spiro atoms. The maximum Gasteiger partial charge on any atom is 0.164 e. The van der Waals surface area contributed by atoms with Gasteiger partial charge in [-0.25, -0.2) is 24.9 Å². The van der Waals surface area contributed by atoms with Crippen LogP contribution in [0.25, 0.3) is 101 Å². The van der Waals surface area contributed by atoms with Crippen molar-refractivity contribution in [2.75, 3.05) is 0 Å². The van der Waals surface area contributed by atoms with E-state index in [0.717, 1.165) is 77.8 Å². The van der Waals surface area contributed by atoms with Gasteiger partial charge in [-0.05, 0) is 58.5 Å². The maximum absolute atomic E-state index is 5.19. The molecule has 2 aromatic heterocycles. The van der Waals surface area contributed by atoms with Gasteiger partial charge in [0.25, 0.3) is 0 Å². The van der Waals surface area contributed by atoms with Crippen molar-refractivity contribution in [2.24, 2.45) is 0 Å². The normalized spacial score (nSPS) is 11.1. The molecular formula is C54H37N5. The Balaban J connectivity index is 1.05. The highest BCUT2D eigenvalue weighted by molar-refractivity contribution is 5.95. The lowest BCUT2D eigenvalue weighted by Crippen LogP contribution is -2.00. The third kappa shape index (κ3) is 7.18. The quantitative estimate of drug-likeness (QED) is 0.154. The molecule has 278 valence electrons. The van der Waals surface area contributed by atoms with E-state index in [1.54, 1.807) is 0 Å². The number of fused-ring (bicyclic) bond motifs is 1. The second kappa shape index (κ2) is 15.6. The van der Waals surface area contributed by atoms with Crippen molar-refractivity contribution in [2.45, 2.75) is 6.92 Å². The largest absolute Gasteiger partial charge is 0.228 e. The fourth-order valence-corrected chi connectivity index (χ4v) is 7.67. The molecule has 10 rings (SSSR count). The van der Waals surface area contributed by atoms with Crippen LogP contribution in [-0.4, -0.2) is 24.9 Å². The third-order valence-electron chi connectivity index (χ3n) is 10.6. The summed E-state index contributed by atoms with van der Waals surface area (Å²) in [6.07, 6.45) is 0. The number of hydrogen-bond donors (Lipinski definition) is 0. The molecule has 5 heteroatoms. The molecule has 0 N–H and O–H groups in total. The molecule has 59 heavy (non-hydrogen) atoms. The van der Waals surface area contributed by atoms with E-state index in [2.05, 4.69) is 140 Å². The zero-order valence-electron chi connectivity index (χ0n) is 32.4. The first-order chi connectivity index (χ1) is 29.1. The molecule has 0 aliphatic carbocycles. The van der Waals surface area contributed by atoms with Crippen molar-refractivity contribution in [1.29, 1.82) is 0 Å². The van der Waals surface area contributed by atoms with Crippen LogP contribution in [0.1, 0.15) is 5.56 Å². The summed E-state index contributed by atoms with van der Waals surface area (Å²) in [4.78, 5) is 25.2. The molecule has 0 radical (unpaired) electrons. The summed E-state index contributed by atoms with van der Waals surface area (Å²) in [5.41, 5.74) is 14.5. The van der Waals surface area contributed by atoms with Gasteiger partial charge in [0, 0.05) is 33.2 Å². The van der Waals surface area contributed by atoms with E-state index >= 15 is 0 Å². The van der Waals surface area contributed by atoms with E-state index in [9.17, 15) is 0 Å². The van der Waals surface area contributed by atoms with Crippen LogP contribution in [-0.2, 0) is 0 Å². The Morgan fingerprint density at radius 2 is 0.678 bits per heavy atom. The highest BCUT2D eigenvalue weighted by atomic mass is 15.0. The molecule has 0 bridgehead atoms. The summed E-state index contributed by atoms with van der Waals surface area (Å²) in [5, 5.41) is 1.03. The minimum Gasteiger partial charge on any atom is -0.228 e. The first-order valence-corrected chi connectivity index (χ1v) is 19.8. The lowest BCUT2D eigenvalue weighted by Gasteiger charge is -2.16. The van der Waals surface area contributed by atoms with E-state index in [-0.39, 0.29) is 0 Å². The zero-order valence-corrected chi connectivity index (χ0v) is 32.4. The van der Waals surface area contributed by atoms with Crippen LogP contribution in [0.5, 0.6) is 0 Å². The van der Waals surface area contributed by atoms with E-state index in [1.165, 1.54) is 5.56 Å². The second-order valence-electron chi connectivity index (χ2n) is 14.6. The van der Waals surface area contributed by atoms with Gasteiger partial charge in [-0.2, -0.15) is 0 Å². The molecule has 0 aliphatic rings. The SMILES string of the molecule is Cc1ccc(-c2nc(-c3cccc(-c4ccccc4-c4ccccc4-c4cccc(-c5nc(-c6ccccc6)nc(-c6ccccc6)n5)c4)c3)nc3ccccc23)cc1. The van der Waals surface area contributed by atoms with Crippen molar-refractivity contribution in [3.63, 3.8) is 0 Å². The van der Waals surface area contributed by atoms with Crippen LogP contribution in [0.15, 0.2) is 206 Å². The van der Waals surface area contributed by atoms with Gasteiger partial charge in [0.1, 0.15) is 0 Å². The average Bonchev–Trinajstić information content (AvgIpc) is 3.32. The summed E-state index contributed by atoms with van der Waals surface area (Å²) < 4.78 is 0. The Hall–Kier alpha value is -7.89. The fraction of sp³-hybridized carbons (Fsp3) is 0.0185. The first kappa shape index (κ1) is 35.5. The maximum atomic E-state index is 5.19. The molecule has 0 atom stereocenters. The second-order valence-corrected chi connectivity index (χ2v) is 14.6. The van der Waals surface area contributed by atoms with Crippen LogP contribution in [0.3, 0.4) is 0 Å². The van der Waals surface area contributed by atoms with E-state index in [1.807, 2.05) is 72.8 Å². The van der Waals surface area contributed by atoms with Crippen LogP contribution >= 0.6 is 0 Å². The van der Waals surface area contributed by atoms with Crippen molar-refractivity contribution >= 4 is 10.9 Å². The average molecular weight is 756 g/mol. The van der Waals surface area contributed by atoms with Gasteiger partial charge in [-0.3, -0.25) is 0 Å². The van der Waals surface area contributed by atoms with Crippen LogP contribution in [0, 0.1) is 6.92 Å². The van der Waals surface area contributed by atoms with Gasteiger partial charge >= 0.3 is 0 Å². The number of para-hydroxylation sites is 1. The standard InChI is InChI=1S/C54H37N5/c1-36-30-32-37(33-31-36)50-48-28-12-13-29-49(48)55-53(56-50)42-22-14-20-40(34-42)44-24-8-10-26-46(44)47-27-11-9-25-45(47)41-21-15-23-43(35-41)54-58-51(38-16-4-2-5-17-38)57-52(59-54)39-18-6-3-7-19-39/h2-35H,1H3. The van der Waals surface area contributed by atoms with E-state index < -0.39 is 0 Å². The summed E-state index contributed by atoms with van der Waals surface area (Å²) in [6, 6.07) is 71.2. The van der Waals surface area contributed by atoms with Gasteiger partial charge < -0.3 is 0 Å². The molecule has 0 unspecified atom stereocenters. The van der Waals surface area contributed by atoms with Crippen LogP contribution in [0.2, 0.25) is 0 Å². The Labute approximate surface area is 343 Å². The van der Waals surface area contributed by atoms with Crippen LogP contribution in [0.4, 0.5) is 0 Å². The lowest BCUT2D eigenvalue weighted by atomic mass is 9.88. The molecule has 0 saturated heterocycles. The number of rotatable bonds is 8. The summed E-state index contributed by atoms with van der Waals surface area (Å²) in [7, 11) is 0. The molecule has 2 heterocycles. The third-order valence-corrected chi connectivity index (χ3v) is 10.6. The molecule has 0 fully saturated rings. The predicted molar refractivity (Wildman–Crippen MR) is 241 cm³/mol. The summed E-state index contributed by atoms with van der Waals surface area (Å²) in [5.74, 6) is 2.59. The van der Waals surface area contributed by atoms with Crippen LogP contribution < -0.4 is 0 Å². The smallest absolute Gasteiger partial charge is 0.164 e. The molecule has 0 amide bonds. The summed E-state index contributed by atoms with van der Waals surface area (Å²) >= 11 is 0. The van der Waals surface area contributed by atoms with E-state index in [4.69, 9.17) is 24.9 Å². The number of benzene rings is 8. The minimum absolute atomic E-state index is 0.621. The molecule has 10 aromatic rings. The Kier molecular flexibility index (Phi) is 9.37. The number of aromatic nitrogens is 5. The Morgan fingerprint density at radius 3 is 1.22 bits per heavy atom. The lowest BCUT2D eigenvalue weighted by molar-refractivity contribution is 1.07. The summed E-state index contributed by atoms with van der Waals surface area (Å²) in [6.45, 7) is 2.10. The molecule has 5 nitrogen and oxygen atoms in total. The Morgan fingerprint density at radius 1 is 0.271 bits per heavy atom. The predicted octanol–water partition coefficient (Wildman–Crippen LogP) is 13.5. The minimum atomic E-state index is 0.621. The highest BCUT2D eigenvalue weighted by Gasteiger charge is 2.17. The number of nitrogens with zero attached hydrogens (tertiary/aromatic N) is 5.